The standard InChI is InChI=1S/C12H11NO/c1-8-11(10(7-13)12(8)14)9-5-3-2-4-6-9/h2-6,8,10-11H,1H3/t8-,10-,11-/m0/s1. The summed E-state index contributed by atoms with van der Waals surface area (Å²) in [5.41, 5.74) is 1.10. The molecule has 1 saturated carbocycles. The summed E-state index contributed by atoms with van der Waals surface area (Å²) in [5, 5.41) is 8.84. The molecule has 14 heavy (non-hydrogen) atoms. The lowest BCUT2D eigenvalue weighted by molar-refractivity contribution is -0.134. The van der Waals surface area contributed by atoms with Gasteiger partial charge in [0.25, 0.3) is 0 Å². The zero-order valence-electron chi connectivity index (χ0n) is 7.97. The minimum Gasteiger partial charge on any atom is -0.298 e. The lowest BCUT2D eigenvalue weighted by Gasteiger charge is -2.37. The van der Waals surface area contributed by atoms with E-state index in [-0.39, 0.29) is 17.6 Å². The van der Waals surface area contributed by atoms with Crippen LogP contribution < -0.4 is 0 Å². The summed E-state index contributed by atoms with van der Waals surface area (Å²) in [4.78, 5) is 11.4. The van der Waals surface area contributed by atoms with Gasteiger partial charge in [-0.15, -0.1) is 0 Å². The third-order valence-electron chi connectivity index (χ3n) is 2.98. The van der Waals surface area contributed by atoms with E-state index >= 15 is 0 Å². The number of rotatable bonds is 1. The lowest BCUT2D eigenvalue weighted by Crippen LogP contribution is -2.43. The smallest absolute Gasteiger partial charge is 0.154 e. The van der Waals surface area contributed by atoms with Gasteiger partial charge in [-0.3, -0.25) is 4.79 Å². The Bertz CT molecular complexity index is 391. The molecule has 3 atom stereocenters. The Morgan fingerprint density at radius 2 is 1.93 bits per heavy atom. The molecule has 2 nitrogen and oxygen atoms in total. The predicted molar refractivity (Wildman–Crippen MR) is 52.5 cm³/mol. The quantitative estimate of drug-likeness (QED) is 0.672. The van der Waals surface area contributed by atoms with Crippen LogP contribution in [0.3, 0.4) is 0 Å². The van der Waals surface area contributed by atoms with Crippen molar-refractivity contribution in [2.75, 3.05) is 0 Å². The molecule has 0 radical (unpaired) electrons. The molecule has 0 bridgehead atoms. The summed E-state index contributed by atoms with van der Waals surface area (Å²) in [6.07, 6.45) is 0. The van der Waals surface area contributed by atoms with E-state index in [1.54, 1.807) is 0 Å². The summed E-state index contributed by atoms with van der Waals surface area (Å²) in [7, 11) is 0. The van der Waals surface area contributed by atoms with Crippen LogP contribution in [0, 0.1) is 23.2 Å². The van der Waals surface area contributed by atoms with Crippen molar-refractivity contribution < 1.29 is 4.79 Å². The Hall–Kier alpha value is -1.62. The lowest BCUT2D eigenvalue weighted by atomic mass is 9.62. The van der Waals surface area contributed by atoms with Crippen molar-refractivity contribution in [3.8, 4) is 6.07 Å². The summed E-state index contributed by atoms with van der Waals surface area (Å²) < 4.78 is 0. The molecule has 0 aromatic heterocycles. The van der Waals surface area contributed by atoms with Crippen LogP contribution in [0.4, 0.5) is 0 Å². The van der Waals surface area contributed by atoms with E-state index in [9.17, 15) is 4.79 Å². The maximum Gasteiger partial charge on any atom is 0.154 e. The number of nitriles is 1. The van der Waals surface area contributed by atoms with Crippen LogP contribution in [0.5, 0.6) is 0 Å². The third kappa shape index (κ3) is 1.13. The van der Waals surface area contributed by atoms with Crippen LogP contribution >= 0.6 is 0 Å². The molecule has 0 heterocycles. The first-order valence-corrected chi connectivity index (χ1v) is 4.74. The highest BCUT2D eigenvalue weighted by Gasteiger charge is 2.47. The second-order valence-electron chi connectivity index (χ2n) is 3.73. The number of Topliss-reactive ketones (excluding diaryl/α,β-unsaturated/α-hetero) is 1. The van der Waals surface area contributed by atoms with Gasteiger partial charge in [-0.1, -0.05) is 37.3 Å². The Balaban J connectivity index is 2.29. The molecule has 0 amide bonds. The normalized spacial score (nSPS) is 30.6. The van der Waals surface area contributed by atoms with Crippen LogP contribution in [0.25, 0.3) is 0 Å². The van der Waals surface area contributed by atoms with Gasteiger partial charge in [0.15, 0.2) is 5.78 Å². The van der Waals surface area contributed by atoms with Gasteiger partial charge in [-0.25, -0.2) is 0 Å². The van der Waals surface area contributed by atoms with E-state index in [1.165, 1.54) is 0 Å². The molecule has 70 valence electrons. The molecule has 0 aliphatic heterocycles. The zero-order valence-corrected chi connectivity index (χ0v) is 7.97. The van der Waals surface area contributed by atoms with Gasteiger partial charge >= 0.3 is 0 Å². The van der Waals surface area contributed by atoms with Gasteiger partial charge < -0.3 is 0 Å². The van der Waals surface area contributed by atoms with Crippen molar-refractivity contribution in [2.24, 2.45) is 11.8 Å². The Morgan fingerprint density at radius 1 is 1.29 bits per heavy atom. The highest BCUT2D eigenvalue weighted by molar-refractivity contribution is 5.93. The van der Waals surface area contributed by atoms with Gasteiger partial charge in [0.1, 0.15) is 5.92 Å². The molecule has 1 aliphatic carbocycles. The van der Waals surface area contributed by atoms with E-state index in [1.807, 2.05) is 37.3 Å². The number of ketones is 1. The fraction of sp³-hybridized carbons (Fsp3) is 0.333. The summed E-state index contributed by atoms with van der Waals surface area (Å²) in [5.74, 6) is -0.232. The second kappa shape index (κ2) is 3.26. The first-order valence-electron chi connectivity index (χ1n) is 4.74. The molecule has 1 aliphatic rings. The Morgan fingerprint density at radius 3 is 2.50 bits per heavy atom. The van der Waals surface area contributed by atoms with E-state index < -0.39 is 5.92 Å². The fourth-order valence-corrected chi connectivity index (χ4v) is 2.11. The minimum absolute atomic E-state index is 0.00190. The van der Waals surface area contributed by atoms with Gasteiger partial charge in [-0.2, -0.15) is 5.26 Å². The number of hydrogen-bond donors (Lipinski definition) is 0. The molecule has 0 N–H and O–H groups in total. The fourth-order valence-electron chi connectivity index (χ4n) is 2.11. The molecular formula is C12H11NO. The maximum absolute atomic E-state index is 11.4. The van der Waals surface area contributed by atoms with Crippen LogP contribution in [-0.2, 0) is 4.79 Å². The van der Waals surface area contributed by atoms with Gasteiger partial charge in [0.05, 0.1) is 6.07 Å². The predicted octanol–water partition coefficient (Wildman–Crippen LogP) is 2.13. The molecule has 0 saturated heterocycles. The second-order valence-corrected chi connectivity index (χ2v) is 3.73. The first-order chi connectivity index (χ1) is 6.75. The Labute approximate surface area is 83.2 Å². The van der Waals surface area contributed by atoms with E-state index in [0.717, 1.165) is 5.56 Å². The van der Waals surface area contributed by atoms with Crippen molar-refractivity contribution in [3.05, 3.63) is 35.9 Å². The number of hydrogen-bond acceptors (Lipinski definition) is 2. The maximum atomic E-state index is 11.4. The molecule has 0 unspecified atom stereocenters. The van der Waals surface area contributed by atoms with Crippen molar-refractivity contribution >= 4 is 5.78 Å². The number of carbonyl (C=O) groups is 1. The molecule has 1 aromatic carbocycles. The molecule has 0 spiro atoms. The van der Waals surface area contributed by atoms with Gasteiger partial charge in [-0.05, 0) is 5.56 Å². The van der Waals surface area contributed by atoms with Gasteiger partial charge in [0, 0.05) is 11.8 Å². The number of carbonyl (C=O) groups excluding carboxylic acids is 1. The number of nitrogens with zero attached hydrogens (tertiary/aromatic N) is 1. The number of benzene rings is 1. The average Bonchev–Trinajstić information content (AvgIpc) is 2.25. The molecule has 1 aromatic rings. The largest absolute Gasteiger partial charge is 0.298 e. The SMILES string of the molecule is C[C@@H]1C(=O)[C@@H](C#N)[C@@H]1c1ccccc1. The highest BCUT2D eigenvalue weighted by atomic mass is 16.1. The van der Waals surface area contributed by atoms with Crippen molar-refractivity contribution in [2.45, 2.75) is 12.8 Å². The van der Waals surface area contributed by atoms with Crippen molar-refractivity contribution in [3.63, 3.8) is 0 Å². The van der Waals surface area contributed by atoms with Gasteiger partial charge in [0.2, 0.25) is 0 Å². The summed E-state index contributed by atoms with van der Waals surface area (Å²) in [6.45, 7) is 1.90. The van der Waals surface area contributed by atoms with Crippen molar-refractivity contribution in [1.29, 1.82) is 5.26 Å². The zero-order chi connectivity index (χ0) is 10.1. The van der Waals surface area contributed by atoms with Crippen LogP contribution in [0.15, 0.2) is 30.3 Å². The minimum atomic E-state index is -0.424. The third-order valence-corrected chi connectivity index (χ3v) is 2.98. The van der Waals surface area contributed by atoms with Crippen molar-refractivity contribution in [1.82, 2.24) is 0 Å². The monoisotopic (exact) mass is 185 g/mol. The van der Waals surface area contributed by atoms with E-state index in [2.05, 4.69) is 6.07 Å². The first kappa shape index (κ1) is 8.96. The molecule has 1 fully saturated rings. The van der Waals surface area contributed by atoms with Crippen LogP contribution in [0.1, 0.15) is 18.4 Å². The Kier molecular flexibility index (Phi) is 2.09. The average molecular weight is 185 g/mol. The molecule has 2 heteroatoms. The van der Waals surface area contributed by atoms with E-state index in [4.69, 9.17) is 5.26 Å². The van der Waals surface area contributed by atoms with Crippen LogP contribution in [0.2, 0.25) is 0 Å². The summed E-state index contributed by atoms with van der Waals surface area (Å²) >= 11 is 0. The topological polar surface area (TPSA) is 40.9 Å². The van der Waals surface area contributed by atoms with E-state index in [0.29, 0.717) is 0 Å². The molecular weight excluding hydrogens is 174 g/mol. The highest BCUT2D eigenvalue weighted by Crippen LogP contribution is 2.43. The molecule has 2 rings (SSSR count). The van der Waals surface area contributed by atoms with Crippen LogP contribution in [-0.4, -0.2) is 5.78 Å². The summed E-state index contributed by atoms with van der Waals surface area (Å²) in [6, 6.07) is 11.9.